The fraction of sp³-hybridized carbons (Fsp3) is 0.200. The zero-order chi connectivity index (χ0) is 18.8. The molecule has 134 valence electrons. The Labute approximate surface area is 156 Å². The highest BCUT2D eigenvalue weighted by Gasteiger charge is 2.13. The molecule has 2 N–H and O–H groups in total. The number of rotatable bonds is 4. The van der Waals surface area contributed by atoms with Gasteiger partial charge in [0.2, 0.25) is 11.8 Å². The fourth-order valence-electron chi connectivity index (χ4n) is 2.79. The number of fused-ring (bicyclic) bond motifs is 1. The van der Waals surface area contributed by atoms with Crippen LogP contribution in [0.15, 0.2) is 41.0 Å². The third-order valence-corrected chi connectivity index (χ3v) is 4.58. The van der Waals surface area contributed by atoms with Crippen molar-refractivity contribution in [2.75, 3.05) is 10.6 Å². The van der Waals surface area contributed by atoms with Crippen molar-refractivity contribution in [1.82, 2.24) is 0 Å². The van der Waals surface area contributed by atoms with Crippen LogP contribution in [0, 0.1) is 13.8 Å². The Morgan fingerprint density at radius 1 is 1.12 bits per heavy atom. The maximum Gasteiger partial charge on any atom is 0.228 e. The largest absolute Gasteiger partial charge is 0.464 e. The Kier molecular flexibility index (Phi) is 5.00. The minimum atomic E-state index is -0.231. The van der Waals surface area contributed by atoms with Gasteiger partial charge in [0.25, 0.3) is 0 Å². The van der Waals surface area contributed by atoms with Crippen LogP contribution in [0.5, 0.6) is 0 Å². The molecule has 0 aliphatic heterocycles. The summed E-state index contributed by atoms with van der Waals surface area (Å²) in [5, 5.41) is 6.80. The standard InChI is InChI=1S/C20H19ClN2O3/c1-11-4-6-16-14(10-26-20(16)12(11)2)8-19(25)23-15-5-7-17(21)18(9-15)22-13(3)24/h4-7,9-10H,8H2,1-3H3,(H,22,24)(H,23,25). The molecular weight excluding hydrogens is 352 g/mol. The topological polar surface area (TPSA) is 71.3 Å². The van der Waals surface area contributed by atoms with Gasteiger partial charge in [-0.2, -0.15) is 0 Å². The molecule has 0 radical (unpaired) electrons. The van der Waals surface area contributed by atoms with Crippen LogP contribution in [0.4, 0.5) is 11.4 Å². The molecule has 0 aliphatic carbocycles. The molecule has 0 spiro atoms. The van der Waals surface area contributed by atoms with E-state index in [0.717, 1.165) is 27.7 Å². The summed E-state index contributed by atoms with van der Waals surface area (Å²) in [5.41, 5.74) is 4.88. The molecule has 0 bridgehead atoms. The van der Waals surface area contributed by atoms with Gasteiger partial charge in [-0.1, -0.05) is 23.7 Å². The third kappa shape index (κ3) is 3.73. The zero-order valence-corrected chi connectivity index (χ0v) is 15.5. The predicted octanol–water partition coefficient (Wildman–Crippen LogP) is 4.84. The Hall–Kier alpha value is -2.79. The van der Waals surface area contributed by atoms with Gasteiger partial charge >= 0.3 is 0 Å². The lowest BCUT2D eigenvalue weighted by Gasteiger charge is -2.09. The number of nitrogens with one attached hydrogen (secondary N) is 2. The van der Waals surface area contributed by atoms with Crippen molar-refractivity contribution < 1.29 is 14.0 Å². The summed E-state index contributed by atoms with van der Waals surface area (Å²) in [6.45, 7) is 5.43. The van der Waals surface area contributed by atoms with Crippen molar-refractivity contribution >= 4 is 45.8 Å². The second kappa shape index (κ2) is 7.22. The molecule has 3 rings (SSSR count). The lowest BCUT2D eigenvalue weighted by atomic mass is 10.0. The maximum atomic E-state index is 12.4. The average Bonchev–Trinajstić information content (AvgIpc) is 2.97. The summed E-state index contributed by atoms with van der Waals surface area (Å²) in [7, 11) is 0. The van der Waals surface area contributed by atoms with E-state index in [-0.39, 0.29) is 18.2 Å². The first kappa shape index (κ1) is 18.0. The molecule has 1 heterocycles. The monoisotopic (exact) mass is 370 g/mol. The summed E-state index contributed by atoms with van der Waals surface area (Å²) in [6.07, 6.45) is 1.81. The molecule has 2 amide bonds. The van der Waals surface area contributed by atoms with Gasteiger partial charge < -0.3 is 15.1 Å². The van der Waals surface area contributed by atoms with Crippen LogP contribution in [0.2, 0.25) is 5.02 Å². The van der Waals surface area contributed by atoms with Gasteiger partial charge in [0.15, 0.2) is 0 Å². The lowest BCUT2D eigenvalue weighted by Crippen LogP contribution is -2.14. The quantitative estimate of drug-likeness (QED) is 0.690. The molecule has 0 aliphatic rings. The van der Waals surface area contributed by atoms with Gasteiger partial charge in [0.1, 0.15) is 5.58 Å². The van der Waals surface area contributed by atoms with E-state index in [4.69, 9.17) is 16.0 Å². The van der Waals surface area contributed by atoms with E-state index in [2.05, 4.69) is 10.6 Å². The van der Waals surface area contributed by atoms with Crippen LogP contribution in [0.25, 0.3) is 11.0 Å². The Balaban J connectivity index is 1.77. The van der Waals surface area contributed by atoms with Crippen molar-refractivity contribution in [1.29, 1.82) is 0 Å². The number of aryl methyl sites for hydroxylation is 2. The number of hydrogen-bond acceptors (Lipinski definition) is 3. The van der Waals surface area contributed by atoms with E-state index >= 15 is 0 Å². The first-order valence-electron chi connectivity index (χ1n) is 8.18. The maximum absolute atomic E-state index is 12.4. The highest BCUT2D eigenvalue weighted by atomic mass is 35.5. The number of anilines is 2. The highest BCUT2D eigenvalue weighted by Crippen LogP contribution is 2.28. The van der Waals surface area contributed by atoms with Gasteiger partial charge in [0, 0.05) is 23.6 Å². The van der Waals surface area contributed by atoms with Gasteiger partial charge in [-0.05, 0) is 43.2 Å². The van der Waals surface area contributed by atoms with Crippen molar-refractivity contribution in [2.24, 2.45) is 0 Å². The predicted molar refractivity (Wildman–Crippen MR) is 104 cm³/mol. The number of carbonyl (C=O) groups excluding carboxylic acids is 2. The van der Waals surface area contributed by atoms with Crippen LogP contribution in [0.1, 0.15) is 23.6 Å². The van der Waals surface area contributed by atoms with Crippen LogP contribution in [0.3, 0.4) is 0 Å². The Morgan fingerprint density at radius 2 is 1.88 bits per heavy atom. The van der Waals surface area contributed by atoms with Crippen molar-refractivity contribution in [2.45, 2.75) is 27.2 Å². The molecule has 0 saturated heterocycles. The minimum Gasteiger partial charge on any atom is -0.464 e. The first-order chi connectivity index (χ1) is 12.3. The zero-order valence-electron chi connectivity index (χ0n) is 14.8. The van der Waals surface area contributed by atoms with Gasteiger partial charge in [-0.25, -0.2) is 0 Å². The molecule has 6 heteroatoms. The molecule has 0 saturated carbocycles. The Bertz CT molecular complexity index is 1010. The summed E-state index contributed by atoms with van der Waals surface area (Å²) in [6, 6.07) is 8.94. The van der Waals surface area contributed by atoms with Crippen molar-refractivity contribution in [3.63, 3.8) is 0 Å². The van der Waals surface area contributed by atoms with E-state index < -0.39 is 0 Å². The molecule has 0 unspecified atom stereocenters. The van der Waals surface area contributed by atoms with Crippen LogP contribution in [-0.4, -0.2) is 11.8 Å². The van der Waals surface area contributed by atoms with Crippen molar-refractivity contribution in [3.05, 3.63) is 58.3 Å². The fourth-order valence-corrected chi connectivity index (χ4v) is 2.96. The Morgan fingerprint density at radius 3 is 2.62 bits per heavy atom. The molecule has 2 aromatic carbocycles. The molecule has 1 aromatic heterocycles. The van der Waals surface area contributed by atoms with Gasteiger partial charge in [-0.3, -0.25) is 9.59 Å². The number of carbonyl (C=O) groups is 2. The molecule has 3 aromatic rings. The lowest BCUT2D eigenvalue weighted by molar-refractivity contribution is -0.115. The first-order valence-corrected chi connectivity index (χ1v) is 8.56. The number of furan rings is 1. The SMILES string of the molecule is CC(=O)Nc1cc(NC(=O)Cc2coc3c(C)c(C)ccc23)ccc1Cl. The second-order valence-corrected chi connectivity index (χ2v) is 6.65. The van der Waals surface area contributed by atoms with Crippen molar-refractivity contribution in [3.8, 4) is 0 Å². The number of benzene rings is 2. The van der Waals surface area contributed by atoms with E-state index in [0.29, 0.717) is 16.4 Å². The summed E-state index contributed by atoms with van der Waals surface area (Å²) in [4.78, 5) is 23.6. The average molecular weight is 371 g/mol. The third-order valence-electron chi connectivity index (χ3n) is 4.25. The summed E-state index contributed by atoms with van der Waals surface area (Å²) in [5.74, 6) is -0.409. The smallest absolute Gasteiger partial charge is 0.228 e. The van der Waals surface area contributed by atoms with E-state index in [1.54, 1.807) is 24.5 Å². The van der Waals surface area contributed by atoms with E-state index in [1.165, 1.54) is 6.92 Å². The molecule has 5 nitrogen and oxygen atoms in total. The molecular formula is C20H19ClN2O3. The van der Waals surface area contributed by atoms with Gasteiger partial charge in [-0.15, -0.1) is 0 Å². The van der Waals surface area contributed by atoms with Crippen LogP contribution >= 0.6 is 11.6 Å². The van der Waals surface area contributed by atoms with Crippen LogP contribution in [-0.2, 0) is 16.0 Å². The molecule has 26 heavy (non-hydrogen) atoms. The van der Waals surface area contributed by atoms with Gasteiger partial charge in [0.05, 0.1) is 23.4 Å². The number of halogens is 1. The summed E-state index contributed by atoms with van der Waals surface area (Å²) < 4.78 is 5.65. The van der Waals surface area contributed by atoms with E-state index in [9.17, 15) is 9.59 Å². The summed E-state index contributed by atoms with van der Waals surface area (Å²) >= 11 is 6.05. The normalized spacial score (nSPS) is 10.8. The van der Waals surface area contributed by atoms with Crippen LogP contribution < -0.4 is 10.6 Å². The number of hydrogen-bond donors (Lipinski definition) is 2. The minimum absolute atomic E-state index is 0.179. The number of amides is 2. The molecule has 0 atom stereocenters. The highest BCUT2D eigenvalue weighted by molar-refractivity contribution is 6.33. The molecule has 0 fully saturated rings. The van der Waals surface area contributed by atoms with E-state index in [1.807, 2.05) is 26.0 Å². The second-order valence-electron chi connectivity index (χ2n) is 6.25.